The highest BCUT2D eigenvalue weighted by molar-refractivity contribution is 6.31. The zero-order valence-electron chi connectivity index (χ0n) is 9.36. The molecule has 1 aromatic rings. The summed E-state index contributed by atoms with van der Waals surface area (Å²) in [5, 5.41) is 11.3. The number of benzene rings is 1. The first-order valence-corrected chi connectivity index (χ1v) is 5.95. The summed E-state index contributed by atoms with van der Waals surface area (Å²) in [6, 6.07) is 7.74. The number of rotatable bonds is 2. The van der Waals surface area contributed by atoms with E-state index in [0.717, 1.165) is 29.8 Å². The zero-order valence-corrected chi connectivity index (χ0v) is 10.1. The third-order valence-corrected chi connectivity index (χ3v) is 3.65. The summed E-state index contributed by atoms with van der Waals surface area (Å²) in [5.74, 6) is 0.0740. The Bertz CT molecular complexity index is 405. The van der Waals surface area contributed by atoms with Crippen molar-refractivity contribution in [2.75, 3.05) is 7.05 Å². The quantitative estimate of drug-likeness (QED) is 0.788. The lowest BCUT2D eigenvalue weighted by molar-refractivity contribution is 0.106. The van der Waals surface area contributed by atoms with Crippen molar-refractivity contribution >= 4 is 17.8 Å². The predicted molar refractivity (Wildman–Crippen MR) is 67.4 cm³/mol. The predicted octanol–water partition coefficient (Wildman–Crippen LogP) is 3.04. The number of halogens is 1. The monoisotopic (exact) mass is 237 g/mol. The molecule has 2 rings (SSSR count). The van der Waals surface area contributed by atoms with E-state index in [4.69, 9.17) is 11.6 Å². The highest BCUT2D eigenvalue weighted by Crippen LogP contribution is 2.43. The smallest absolute Gasteiger partial charge is 0.106 e. The van der Waals surface area contributed by atoms with Crippen LogP contribution in [-0.4, -0.2) is 24.0 Å². The first-order chi connectivity index (χ1) is 7.67. The highest BCUT2D eigenvalue weighted by atomic mass is 35.5. The first-order valence-electron chi connectivity index (χ1n) is 5.57. The maximum absolute atomic E-state index is 10.5. The Morgan fingerprint density at radius 2 is 2.25 bits per heavy atom. The van der Waals surface area contributed by atoms with E-state index in [0.29, 0.717) is 0 Å². The fourth-order valence-electron chi connectivity index (χ4n) is 2.57. The van der Waals surface area contributed by atoms with E-state index >= 15 is 0 Å². The Hall–Kier alpha value is -0.860. The molecule has 1 aromatic carbocycles. The minimum Gasteiger partial charge on any atom is -0.384 e. The normalized spacial score (nSPS) is 30.1. The molecule has 0 bridgehead atoms. The topological polar surface area (TPSA) is 32.6 Å². The zero-order chi connectivity index (χ0) is 11.6. The molecule has 86 valence electrons. The Morgan fingerprint density at radius 3 is 2.94 bits per heavy atom. The van der Waals surface area contributed by atoms with Crippen LogP contribution >= 0.6 is 11.6 Å². The van der Waals surface area contributed by atoms with Crippen molar-refractivity contribution in [1.82, 2.24) is 0 Å². The maximum Gasteiger partial charge on any atom is 0.106 e. The average molecular weight is 238 g/mol. The Kier molecular flexibility index (Phi) is 3.31. The van der Waals surface area contributed by atoms with Gasteiger partial charge in [-0.25, -0.2) is 0 Å². The molecule has 0 amide bonds. The van der Waals surface area contributed by atoms with Gasteiger partial charge in [-0.15, -0.1) is 0 Å². The molecule has 2 nitrogen and oxygen atoms in total. The van der Waals surface area contributed by atoms with Crippen LogP contribution in [0.15, 0.2) is 29.3 Å². The van der Waals surface area contributed by atoms with Crippen LogP contribution in [-0.2, 0) is 0 Å². The van der Waals surface area contributed by atoms with Crippen LogP contribution in [0.2, 0.25) is 5.02 Å². The molecule has 2 unspecified atom stereocenters. The number of aliphatic hydroxyl groups is 1. The van der Waals surface area contributed by atoms with Gasteiger partial charge in [0.15, 0.2) is 0 Å². The van der Waals surface area contributed by atoms with Crippen LogP contribution < -0.4 is 0 Å². The fourth-order valence-corrected chi connectivity index (χ4v) is 2.84. The fraction of sp³-hybridized carbons (Fsp3) is 0.462. The van der Waals surface area contributed by atoms with Crippen molar-refractivity contribution in [1.29, 1.82) is 0 Å². The van der Waals surface area contributed by atoms with Gasteiger partial charge in [0, 0.05) is 24.2 Å². The summed E-state index contributed by atoms with van der Waals surface area (Å²) in [4.78, 5) is 3.98. The van der Waals surface area contributed by atoms with Gasteiger partial charge in [-0.1, -0.05) is 29.8 Å². The second-order valence-electron chi connectivity index (χ2n) is 4.34. The molecule has 1 N–H and O–H groups in total. The van der Waals surface area contributed by atoms with Crippen molar-refractivity contribution in [2.24, 2.45) is 4.99 Å². The molecular formula is C13H16ClNO. The molecule has 0 saturated heterocycles. The molecule has 1 saturated carbocycles. The van der Waals surface area contributed by atoms with Gasteiger partial charge in [0.05, 0.1) is 0 Å². The van der Waals surface area contributed by atoms with Gasteiger partial charge in [0.2, 0.25) is 0 Å². The summed E-state index contributed by atoms with van der Waals surface area (Å²) in [5.41, 5.74) is 0.212. The molecule has 16 heavy (non-hydrogen) atoms. The molecule has 0 spiro atoms. The summed E-state index contributed by atoms with van der Waals surface area (Å²) in [7, 11) is 1.69. The lowest BCUT2D eigenvalue weighted by Crippen LogP contribution is -2.33. The Labute approximate surface area is 101 Å². The van der Waals surface area contributed by atoms with E-state index in [9.17, 15) is 5.11 Å². The van der Waals surface area contributed by atoms with Crippen molar-refractivity contribution in [3.63, 3.8) is 0 Å². The van der Waals surface area contributed by atoms with Crippen LogP contribution in [0, 0.1) is 0 Å². The molecule has 1 aliphatic carbocycles. The highest BCUT2D eigenvalue weighted by Gasteiger charge is 2.41. The van der Waals surface area contributed by atoms with Gasteiger partial charge in [-0.05, 0) is 30.9 Å². The van der Waals surface area contributed by atoms with Crippen LogP contribution in [0.4, 0.5) is 0 Å². The van der Waals surface area contributed by atoms with Crippen LogP contribution in [0.25, 0.3) is 0 Å². The van der Waals surface area contributed by atoms with Gasteiger partial charge in [-0.3, -0.25) is 4.99 Å². The van der Waals surface area contributed by atoms with Crippen LogP contribution in [0.1, 0.15) is 30.7 Å². The third-order valence-electron chi connectivity index (χ3n) is 3.31. The first kappa shape index (κ1) is 11.6. The van der Waals surface area contributed by atoms with Gasteiger partial charge < -0.3 is 5.11 Å². The number of nitrogens with zero attached hydrogens (tertiary/aromatic N) is 1. The second-order valence-corrected chi connectivity index (χ2v) is 4.75. The maximum atomic E-state index is 10.5. The molecule has 3 heteroatoms. The van der Waals surface area contributed by atoms with Gasteiger partial charge in [0.25, 0.3) is 0 Å². The van der Waals surface area contributed by atoms with Gasteiger partial charge >= 0.3 is 0 Å². The average Bonchev–Trinajstić information content (AvgIpc) is 2.61. The molecule has 0 aliphatic heterocycles. The van der Waals surface area contributed by atoms with Crippen molar-refractivity contribution < 1.29 is 5.11 Å². The van der Waals surface area contributed by atoms with Crippen LogP contribution in [0.5, 0.6) is 0 Å². The SMILES string of the molecule is CN=CC1(O)CCCC1c1ccccc1Cl. The summed E-state index contributed by atoms with van der Waals surface area (Å²) < 4.78 is 0. The van der Waals surface area contributed by atoms with E-state index in [1.54, 1.807) is 13.3 Å². The minimum atomic E-state index is -0.820. The lowest BCUT2D eigenvalue weighted by Gasteiger charge is -2.27. The van der Waals surface area contributed by atoms with Crippen molar-refractivity contribution in [2.45, 2.75) is 30.8 Å². The molecule has 0 radical (unpaired) electrons. The lowest BCUT2D eigenvalue weighted by atomic mass is 9.86. The Balaban J connectivity index is 2.37. The molecule has 2 atom stereocenters. The van der Waals surface area contributed by atoms with E-state index in [-0.39, 0.29) is 5.92 Å². The second kappa shape index (κ2) is 4.56. The number of hydrogen-bond donors (Lipinski definition) is 1. The summed E-state index contributed by atoms with van der Waals surface area (Å²) in [6.45, 7) is 0. The molecular weight excluding hydrogens is 222 g/mol. The number of aliphatic imine (C=N–C) groups is 1. The van der Waals surface area contributed by atoms with Gasteiger partial charge in [0.1, 0.15) is 5.60 Å². The van der Waals surface area contributed by atoms with Crippen molar-refractivity contribution in [3.8, 4) is 0 Å². The van der Waals surface area contributed by atoms with Crippen LogP contribution in [0.3, 0.4) is 0 Å². The molecule has 0 aromatic heterocycles. The Morgan fingerprint density at radius 1 is 1.50 bits per heavy atom. The van der Waals surface area contributed by atoms with E-state index in [1.807, 2.05) is 24.3 Å². The third kappa shape index (κ3) is 2.00. The standard InChI is InChI=1S/C13H16ClNO/c1-15-9-13(16)8-4-6-11(13)10-5-2-3-7-12(10)14/h2-3,5,7,9,11,16H,4,6,8H2,1H3. The summed E-state index contributed by atoms with van der Waals surface area (Å²) >= 11 is 6.18. The van der Waals surface area contributed by atoms with E-state index in [2.05, 4.69) is 4.99 Å². The van der Waals surface area contributed by atoms with E-state index < -0.39 is 5.60 Å². The van der Waals surface area contributed by atoms with E-state index in [1.165, 1.54) is 0 Å². The molecule has 0 heterocycles. The largest absolute Gasteiger partial charge is 0.384 e. The number of hydrogen-bond acceptors (Lipinski definition) is 2. The van der Waals surface area contributed by atoms with Crippen molar-refractivity contribution in [3.05, 3.63) is 34.9 Å². The van der Waals surface area contributed by atoms with Gasteiger partial charge in [-0.2, -0.15) is 0 Å². The summed E-state index contributed by atoms with van der Waals surface area (Å²) in [6.07, 6.45) is 4.40. The molecule has 1 fully saturated rings. The minimum absolute atomic E-state index is 0.0740. The molecule has 1 aliphatic rings.